The molecule has 4 saturated carbocycles. The highest BCUT2D eigenvalue weighted by Crippen LogP contribution is 2.73. The van der Waals surface area contributed by atoms with Crippen molar-refractivity contribution in [2.24, 2.45) is 63.6 Å². The van der Waals surface area contributed by atoms with Crippen molar-refractivity contribution < 1.29 is 0 Å². The van der Waals surface area contributed by atoms with E-state index < -0.39 is 0 Å². The summed E-state index contributed by atoms with van der Waals surface area (Å²) in [5.74, 6) is 7.70. The molecule has 0 radical (unpaired) electrons. The Morgan fingerprint density at radius 2 is 1.42 bits per heavy atom. The van der Waals surface area contributed by atoms with Gasteiger partial charge in [-0.3, -0.25) is 0 Å². The van der Waals surface area contributed by atoms with Crippen LogP contribution in [-0.4, -0.2) is 0 Å². The van der Waals surface area contributed by atoms with Gasteiger partial charge in [0.15, 0.2) is 0 Å². The van der Waals surface area contributed by atoms with Crippen molar-refractivity contribution in [3.8, 4) is 0 Å². The third-order valence-electron chi connectivity index (χ3n) is 13.1. The van der Waals surface area contributed by atoms with Gasteiger partial charge in [0.1, 0.15) is 0 Å². The van der Waals surface area contributed by atoms with Gasteiger partial charge in [-0.05, 0) is 115 Å². The second kappa shape index (κ2) is 8.65. The van der Waals surface area contributed by atoms with Gasteiger partial charge in [-0.25, -0.2) is 0 Å². The minimum atomic E-state index is 0.594. The molecule has 0 saturated heterocycles. The fourth-order valence-electron chi connectivity index (χ4n) is 10.8. The van der Waals surface area contributed by atoms with Gasteiger partial charge in [0.05, 0.1) is 0 Å². The average Bonchev–Trinajstić information content (AvgIpc) is 2.99. The first kappa shape index (κ1) is 24.1. The van der Waals surface area contributed by atoms with E-state index in [2.05, 4.69) is 55.4 Å². The largest absolute Gasteiger partial charge is 0.0651 e. The molecule has 4 fully saturated rings. The smallest absolute Gasteiger partial charge is 0.0238 e. The highest BCUT2D eigenvalue weighted by Gasteiger charge is 2.65. The Hall–Kier alpha value is 0. The van der Waals surface area contributed by atoms with E-state index in [1.54, 1.807) is 12.8 Å². The summed E-state index contributed by atoms with van der Waals surface area (Å²) >= 11 is 0. The van der Waals surface area contributed by atoms with Crippen molar-refractivity contribution in [1.82, 2.24) is 0 Å². The molecule has 0 bridgehead atoms. The highest BCUT2D eigenvalue weighted by atomic mass is 14.7. The summed E-state index contributed by atoms with van der Waals surface area (Å²) in [7, 11) is 0. The van der Waals surface area contributed by atoms with Crippen LogP contribution in [0.15, 0.2) is 0 Å². The fourth-order valence-corrected chi connectivity index (χ4v) is 10.8. The second-order valence-electron chi connectivity index (χ2n) is 14.3. The Kier molecular flexibility index (Phi) is 6.74. The summed E-state index contributed by atoms with van der Waals surface area (Å²) in [4.78, 5) is 0. The number of hydrogen-bond acceptors (Lipinski definition) is 0. The molecule has 0 heteroatoms. The third-order valence-corrected chi connectivity index (χ3v) is 13.1. The van der Waals surface area contributed by atoms with E-state index in [9.17, 15) is 0 Å². The standard InChI is InChI=1S/C31H56/c1-9-24(21(2)3)13-12-23(5)26-16-19-31(8)28-15-14-25-22(4)11-10-18-29(25,6)27(28)17-20-30(26,31)7/h21-28H,9-20H2,1-8H3/t22?,23-,24?,25+,26-,27?,28?,29+,30-,31?/m1/s1. The highest BCUT2D eigenvalue weighted by molar-refractivity contribution is 5.14. The van der Waals surface area contributed by atoms with Crippen molar-refractivity contribution in [3.63, 3.8) is 0 Å². The van der Waals surface area contributed by atoms with Crippen molar-refractivity contribution in [2.45, 2.75) is 132 Å². The van der Waals surface area contributed by atoms with Gasteiger partial charge in [0, 0.05) is 0 Å². The lowest BCUT2D eigenvalue weighted by Crippen LogP contribution is -2.58. The van der Waals surface area contributed by atoms with Crippen LogP contribution < -0.4 is 0 Å². The number of hydrogen-bond donors (Lipinski definition) is 0. The molecule has 0 aromatic heterocycles. The third kappa shape index (κ3) is 3.67. The van der Waals surface area contributed by atoms with Crippen LogP contribution in [0.3, 0.4) is 0 Å². The van der Waals surface area contributed by atoms with Gasteiger partial charge >= 0.3 is 0 Å². The maximum atomic E-state index is 2.79. The Labute approximate surface area is 196 Å². The van der Waals surface area contributed by atoms with Crippen molar-refractivity contribution >= 4 is 0 Å². The first-order valence-electron chi connectivity index (χ1n) is 14.6. The van der Waals surface area contributed by atoms with E-state index in [1.165, 1.54) is 64.2 Å². The van der Waals surface area contributed by atoms with Gasteiger partial charge < -0.3 is 0 Å². The van der Waals surface area contributed by atoms with E-state index in [-0.39, 0.29) is 0 Å². The van der Waals surface area contributed by atoms with Crippen LogP contribution in [0, 0.1) is 63.6 Å². The SMILES string of the molecule is CCC(CC[C@@H](C)[C@H]1CCC2(C)C3CC[C@H]4C(C)CCC[C@]4(C)C3CC[C@]12C)C(C)C. The molecule has 5 unspecified atom stereocenters. The summed E-state index contributed by atoms with van der Waals surface area (Å²) < 4.78 is 0. The minimum absolute atomic E-state index is 0.594. The molecule has 0 N–H and O–H groups in total. The summed E-state index contributed by atoms with van der Waals surface area (Å²) in [5, 5.41) is 0. The van der Waals surface area contributed by atoms with Crippen LogP contribution in [-0.2, 0) is 0 Å². The predicted octanol–water partition coefficient (Wildman–Crippen LogP) is 9.77. The Bertz CT molecular complexity index is 620. The monoisotopic (exact) mass is 428 g/mol. The molecular formula is C31H56. The topological polar surface area (TPSA) is 0 Å². The molecule has 31 heavy (non-hydrogen) atoms. The van der Waals surface area contributed by atoms with Crippen LogP contribution in [0.5, 0.6) is 0 Å². The zero-order valence-corrected chi connectivity index (χ0v) is 22.6. The van der Waals surface area contributed by atoms with E-state index >= 15 is 0 Å². The van der Waals surface area contributed by atoms with Crippen molar-refractivity contribution in [2.75, 3.05) is 0 Å². The quantitative estimate of drug-likeness (QED) is 0.395. The van der Waals surface area contributed by atoms with Crippen LogP contribution in [0.25, 0.3) is 0 Å². The Morgan fingerprint density at radius 1 is 0.742 bits per heavy atom. The second-order valence-corrected chi connectivity index (χ2v) is 14.3. The molecule has 0 aliphatic heterocycles. The molecule has 0 aromatic rings. The average molecular weight is 429 g/mol. The summed E-state index contributed by atoms with van der Waals surface area (Å²) in [6, 6.07) is 0. The molecule has 0 aromatic carbocycles. The van der Waals surface area contributed by atoms with Crippen LogP contribution >= 0.6 is 0 Å². The van der Waals surface area contributed by atoms with Crippen molar-refractivity contribution in [3.05, 3.63) is 0 Å². The van der Waals surface area contributed by atoms with Gasteiger partial charge in [-0.1, -0.05) is 81.1 Å². The fraction of sp³-hybridized carbons (Fsp3) is 1.00. The zero-order chi connectivity index (χ0) is 22.6. The normalized spacial score (nSPS) is 49.3. The number of fused-ring (bicyclic) bond motifs is 5. The Morgan fingerprint density at radius 3 is 2.10 bits per heavy atom. The van der Waals surface area contributed by atoms with Crippen molar-refractivity contribution in [1.29, 1.82) is 0 Å². The Balaban J connectivity index is 1.52. The molecule has 0 spiro atoms. The molecular weight excluding hydrogens is 372 g/mol. The predicted molar refractivity (Wildman–Crippen MR) is 136 cm³/mol. The summed E-state index contributed by atoms with van der Waals surface area (Å²) in [6.45, 7) is 20.8. The van der Waals surface area contributed by atoms with E-state index in [1.807, 2.05) is 0 Å². The molecule has 0 amide bonds. The summed E-state index contributed by atoms with van der Waals surface area (Å²) in [6.07, 6.45) is 18.0. The molecule has 0 nitrogen and oxygen atoms in total. The van der Waals surface area contributed by atoms with Crippen LogP contribution in [0.1, 0.15) is 132 Å². The maximum absolute atomic E-state index is 2.79. The lowest BCUT2D eigenvalue weighted by molar-refractivity contribution is -0.165. The molecule has 0 heterocycles. The maximum Gasteiger partial charge on any atom is -0.0238 e. The zero-order valence-electron chi connectivity index (χ0n) is 22.6. The lowest BCUT2D eigenvalue weighted by atomic mass is 9.39. The van der Waals surface area contributed by atoms with Gasteiger partial charge in [0.2, 0.25) is 0 Å². The molecule has 4 rings (SSSR count). The van der Waals surface area contributed by atoms with E-state index in [4.69, 9.17) is 0 Å². The minimum Gasteiger partial charge on any atom is -0.0651 e. The lowest BCUT2D eigenvalue weighted by Gasteiger charge is -2.65. The molecule has 4 aliphatic carbocycles. The first-order chi connectivity index (χ1) is 14.6. The van der Waals surface area contributed by atoms with Gasteiger partial charge in [-0.15, -0.1) is 0 Å². The molecule has 10 atom stereocenters. The van der Waals surface area contributed by atoms with E-state index in [0.29, 0.717) is 16.2 Å². The summed E-state index contributed by atoms with van der Waals surface area (Å²) in [5.41, 5.74) is 1.85. The van der Waals surface area contributed by atoms with Crippen LogP contribution in [0.2, 0.25) is 0 Å². The molecule has 180 valence electrons. The van der Waals surface area contributed by atoms with Gasteiger partial charge in [-0.2, -0.15) is 0 Å². The molecule has 4 aliphatic rings. The van der Waals surface area contributed by atoms with E-state index in [0.717, 1.165) is 47.3 Å². The first-order valence-corrected chi connectivity index (χ1v) is 14.6. The number of rotatable bonds is 6. The van der Waals surface area contributed by atoms with Gasteiger partial charge in [0.25, 0.3) is 0 Å². The van der Waals surface area contributed by atoms with Crippen LogP contribution in [0.4, 0.5) is 0 Å².